The van der Waals surface area contributed by atoms with Gasteiger partial charge in [0.15, 0.2) is 0 Å². The van der Waals surface area contributed by atoms with Gasteiger partial charge < -0.3 is 0 Å². The molecule has 0 amide bonds. The predicted octanol–water partition coefficient (Wildman–Crippen LogP) is 6.44. The Kier molecular flexibility index (Phi) is 13.3. The van der Waals surface area contributed by atoms with Crippen molar-refractivity contribution in [3.8, 4) is 0 Å². The Bertz CT molecular complexity index is 137. The number of rotatable bonds is 5. The van der Waals surface area contributed by atoms with Gasteiger partial charge in [0.25, 0.3) is 0 Å². The van der Waals surface area contributed by atoms with Crippen molar-refractivity contribution < 1.29 is 0 Å². The van der Waals surface area contributed by atoms with Crippen molar-refractivity contribution in [1.82, 2.24) is 0 Å². The topological polar surface area (TPSA) is 0 Å². The third-order valence-electron chi connectivity index (χ3n) is 1.50. The first-order valence-corrected chi connectivity index (χ1v) is 23.6. The summed E-state index contributed by atoms with van der Waals surface area (Å²) in [6.07, 6.45) is 0. The Hall–Kier alpha value is 5.59. The second-order valence-electron chi connectivity index (χ2n) is 2.32. The lowest BCUT2D eigenvalue weighted by atomic mass is 11.8. The average molecular weight is 432 g/mol. The molecule has 0 aliphatic heterocycles. The summed E-state index contributed by atoms with van der Waals surface area (Å²) in [5, 5.41) is 0. The third-order valence-corrected chi connectivity index (χ3v) is 44.6. The minimum absolute atomic E-state index is 0.0244. The first-order valence-electron chi connectivity index (χ1n) is 3.21. The highest BCUT2D eigenvalue weighted by Crippen LogP contribution is 3.05. The van der Waals surface area contributed by atoms with E-state index in [-0.39, 0.29) is 29.2 Å². The van der Waals surface area contributed by atoms with E-state index in [9.17, 15) is 0 Å². The van der Waals surface area contributed by atoms with E-state index in [4.69, 9.17) is 0 Å². The fourth-order valence-corrected chi connectivity index (χ4v) is 69.6. The van der Waals surface area contributed by atoms with E-state index in [1.807, 2.05) is 0 Å². The molecule has 13 heteroatoms. The van der Waals surface area contributed by atoms with Crippen molar-refractivity contribution in [3.05, 3.63) is 0 Å². The van der Waals surface area contributed by atoms with Gasteiger partial charge in [-0.2, -0.15) is 0 Å². The molecule has 10 atom stereocenters. The quantitative estimate of drug-likeness (QED) is 0.439. The molecule has 0 aromatic carbocycles. The van der Waals surface area contributed by atoms with E-state index in [1.165, 1.54) is 0 Å². The summed E-state index contributed by atoms with van der Waals surface area (Å²) in [5.74, 6) is 0. The van der Waals surface area contributed by atoms with Crippen LogP contribution in [0.5, 0.6) is 0 Å². The highest BCUT2D eigenvalue weighted by molar-refractivity contribution is 8.76. The minimum atomic E-state index is -0.0631. The zero-order valence-electron chi connectivity index (χ0n) is 7.41. The zero-order valence-corrected chi connectivity index (χ0v) is 21.2. The molecular weight excluding hydrogens is 415 g/mol. The lowest BCUT2D eigenvalue weighted by molar-refractivity contribution is 1.87. The summed E-state index contributed by atoms with van der Waals surface area (Å²) in [5.41, 5.74) is 0. The van der Waals surface area contributed by atoms with Gasteiger partial charge in [-0.05, 0) is 29.2 Å². The Morgan fingerprint density at radius 2 is 1.00 bits per heavy atom. The van der Waals surface area contributed by atoms with E-state index in [2.05, 4.69) is 71.4 Å². The fraction of sp³-hybridized carbons (Fsp3) is 1.00. The van der Waals surface area contributed by atoms with Crippen molar-refractivity contribution in [2.75, 3.05) is 0 Å². The maximum atomic E-state index is 3.11. The second kappa shape index (κ2) is 9.51. The van der Waals surface area contributed by atoms with Crippen LogP contribution in [0.3, 0.4) is 0 Å². The Balaban J connectivity index is 5.16. The third kappa shape index (κ3) is 4.85. The standard InChI is InChI=1S/CH17P13/c2-10-14(9)1(11(3)4,12(5)6)13(7)8/h10H,2-9H2. The van der Waals surface area contributed by atoms with Crippen LogP contribution in [0.25, 0.3) is 0 Å². The molecule has 0 aliphatic rings. The largest absolute Gasteiger partial charge is 0.110 e. The van der Waals surface area contributed by atoms with Crippen LogP contribution < -0.4 is 0 Å². The Morgan fingerprint density at radius 1 is 0.714 bits per heavy atom. The minimum Gasteiger partial charge on any atom is -0.110 e. The number of hydrogen-bond acceptors (Lipinski definition) is 0. The van der Waals surface area contributed by atoms with Crippen LogP contribution in [0, 0.1) is 0 Å². The molecule has 0 aliphatic carbocycles. The fourth-order valence-electron chi connectivity index (χ4n) is 0.860. The zero-order chi connectivity index (χ0) is 11.5. The predicted molar refractivity (Wildman–Crippen MR) is 116 cm³/mol. The molecule has 0 nitrogen and oxygen atoms in total. The molecule has 10 unspecified atom stereocenters. The van der Waals surface area contributed by atoms with Gasteiger partial charge in [0, 0.05) is 0 Å². The lowest BCUT2D eigenvalue weighted by Gasteiger charge is -2.47. The average Bonchev–Trinajstić information content (AvgIpc) is 2.02. The maximum absolute atomic E-state index is 3.11. The van der Waals surface area contributed by atoms with Gasteiger partial charge >= 0.3 is 0 Å². The molecule has 14 heavy (non-hydrogen) atoms. The molecule has 0 radical (unpaired) electrons. The van der Waals surface area contributed by atoms with Crippen molar-refractivity contribution in [1.29, 1.82) is 0 Å². The maximum Gasteiger partial charge on any atom is 0.0771 e. The summed E-state index contributed by atoms with van der Waals surface area (Å²) in [6, 6.07) is 0. The number of hydrogen-bond donors (Lipinski definition) is 0. The molecule has 0 aromatic heterocycles. The first kappa shape index (κ1) is 19.6. The lowest BCUT2D eigenvalue weighted by Crippen LogP contribution is -2.03. The van der Waals surface area contributed by atoms with Gasteiger partial charge in [-0.15, -0.1) is 71.4 Å². The molecule has 0 saturated heterocycles. The van der Waals surface area contributed by atoms with Crippen LogP contribution in [-0.2, 0) is 0 Å². The van der Waals surface area contributed by atoms with Crippen molar-refractivity contribution in [2.45, 2.75) is 4.38 Å². The molecular formula is CH17P13. The molecule has 0 N–H and O–H groups in total. The normalized spacial score (nSPS) is 16.5. The SMILES string of the molecule is PPP(P)C(P(P)P)(P(P)P)P(P)P. The van der Waals surface area contributed by atoms with Gasteiger partial charge in [0.2, 0.25) is 0 Å². The van der Waals surface area contributed by atoms with Crippen molar-refractivity contribution >= 4 is 109 Å². The summed E-state index contributed by atoms with van der Waals surface area (Å²) in [4.78, 5) is 0. The highest BCUT2D eigenvalue weighted by atomic mass is 32.6. The van der Waals surface area contributed by atoms with Gasteiger partial charge in [0.05, 0.1) is 4.38 Å². The molecule has 0 spiro atoms. The van der Waals surface area contributed by atoms with Gasteiger partial charge in [-0.3, -0.25) is 0 Å². The van der Waals surface area contributed by atoms with Crippen LogP contribution in [0.4, 0.5) is 0 Å². The van der Waals surface area contributed by atoms with Crippen molar-refractivity contribution in [2.24, 2.45) is 0 Å². The van der Waals surface area contributed by atoms with Crippen LogP contribution >= 0.6 is 109 Å². The Morgan fingerprint density at radius 3 is 1.07 bits per heavy atom. The van der Waals surface area contributed by atoms with Gasteiger partial charge in [-0.1, -0.05) is 7.96 Å². The smallest absolute Gasteiger partial charge is 0.0771 e. The molecule has 0 saturated carbocycles. The molecule has 0 rings (SSSR count). The summed E-state index contributed by atoms with van der Waals surface area (Å²) < 4.78 is 0.500. The molecule has 0 heterocycles. The Labute approximate surface area is 112 Å². The van der Waals surface area contributed by atoms with Crippen LogP contribution in [0.15, 0.2) is 0 Å². The molecule has 0 fully saturated rings. The monoisotopic (exact) mass is 432 g/mol. The van der Waals surface area contributed by atoms with Crippen LogP contribution in [-0.4, -0.2) is 4.38 Å². The van der Waals surface area contributed by atoms with E-state index < -0.39 is 0 Å². The summed E-state index contributed by atoms with van der Waals surface area (Å²) in [6.45, 7) is 0. The second-order valence-corrected chi connectivity index (χ2v) is 33.6. The van der Waals surface area contributed by atoms with Crippen LogP contribution in [0.2, 0.25) is 0 Å². The van der Waals surface area contributed by atoms with Gasteiger partial charge in [0.1, 0.15) is 0 Å². The van der Waals surface area contributed by atoms with E-state index >= 15 is 0 Å². The van der Waals surface area contributed by atoms with Crippen molar-refractivity contribution in [3.63, 3.8) is 0 Å². The van der Waals surface area contributed by atoms with E-state index in [1.54, 1.807) is 0 Å². The highest BCUT2D eigenvalue weighted by Gasteiger charge is 2.45. The van der Waals surface area contributed by atoms with E-state index in [0.717, 1.165) is 7.96 Å². The molecule has 86 valence electrons. The van der Waals surface area contributed by atoms with Crippen LogP contribution in [0.1, 0.15) is 0 Å². The first-order chi connectivity index (χ1) is 6.31. The summed E-state index contributed by atoms with van der Waals surface area (Å²) >= 11 is 0. The van der Waals surface area contributed by atoms with E-state index in [0.29, 0.717) is 4.38 Å². The molecule has 0 bridgehead atoms. The van der Waals surface area contributed by atoms with Gasteiger partial charge in [-0.25, -0.2) is 0 Å². The summed E-state index contributed by atoms with van der Waals surface area (Å²) in [7, 11) is 25.1. The molecule has 0 aromatic rings.